The third-order valence-corrected chi connectivity index (χ3v) is 3.98. The van der Waals surface area contributed by atoms with Crippen LogP contribution >= 0.6 is 0 Å². The van der Waals surface area contributed by atoms with Gasteiger partial charge < -0.3 is 15.3 Å². The van der Waals surface area contributed by atoms with Gasteiger partial charge in [-0.05, 0) is 37.1 Å². The lowest BCUT2D eigenvalue weighted by molar-refractivity contribution is -0.121. The largest absolute Gasteiger partial charge is 0.478 e. The first-order valence-corrected chi connectivity index (χ1v) is 8.47. The number of hydrogen-bond donors (Lipinski definition) is 2. The van der Waals surface area contributed by atoms with E-state index in [4.69, 9.17) is 0 Å². The van der Waals surface area contributed by atoms with Crippen LogP contribution in [0.25, 0.3) is 11.1 Å². The number of aromatic carboxylic acids is 1. The maximum absolute atomic E-state index is 13.0. The molecule has 0 atom stereocenters. The number of amides is 2. The highest BCUT2D eigenvalue weighted by molar-refractivity contribution is 6.05. The van der Waals surface area contributed by atoms with Gasteiger partial charge in [-0.15, -0.1) is 0 Å². The van der Waals surface area contributed by atoms with Crippen molar-refractivity contribution >= 4 is 17.8 Å². The number of carbonyl (C=O) groups is 3. The molecule has 0 fully saturated rings. The predicted molar refractivity (Wildman–Crippen MR) is 99.1 cm³/mol. The Balaban J connectivity index is 2.44. The first kappa shape index (κ1) is 19.2. The number of nitrogens with zero attached hydrogens (tertiary/aromatic N) is 1. The molecule has 2 rings (SSSR count). The van der Waals surface area contributed by atoms with Crippen molar-refractivity contribution < 1.29 is 19.5 Å². The molecule has 0 saturated heterocycles. The molecule has 0 aliphatic rings. The second-order valence-corrected chi connectivity index (χ2v) is 5.67. The van der Waals surface area contributed by atoms with Crippen molar-refractivity contribution in [1.82, 2.24) is 10.2 Å². The van der Waals surface area contributed by atoms with E-state index in [1.807, 2.05) is 6.92 Å². The van der Waals surface area contributed by atoms with Gasteiger partial charge in [0.15, 0.2) is 0 Å². The van der Waals surface area contributed by atoms with Crippen LogP contribution < -0.4 is 5.32 Å². The van der Waals surface area contributed by atoms with Crippen LogP contribution in [0.1, 0.15) is 34.6 Å². The monoisotopic (exact) mass is 354 g/mol. The molecular formula is C20H22N2O4. The summed E-state index contributed by atoms with van der Waals surface area (Å²) in [7, 11) is 0. The van der Waals surface area contributed by atoms with Gasteiger partial charge in [0, 0.05) is 18.7 Å². The summed E-state index contributed by atoms with van der Waals surface area (Å²) in [6.07, 6.45) is 0. The van der Waals surface area contributed by atoms with E-state index in [1.165, 1.54) is 11.0 Å². The number of nitrogens with one attached hydrogen (secondary N) is 1. The minimum absolute atomic E-state index is 0.0436. The second kappa shape index (κ2) is 8.80. The molecule has 6 heteroatoms. The molecule has 136 valence electrons. The zero-order valence-corrected chi connectivity index (χ0v) is 14.9. The Morgan fingerprint density at radius 1 is 0.923 bits per heavy atom. The third kappa shape index (κ3) is 4.27. The minimum Gasteiger partial charge on any atom is -0.478 e. The van der Waals surface area contributed by atoms with Gasteiger partial charge in [0.05, 0.1) is 12.1 Å². The molecule has 2 N–H and O–H groups in total. The second-order valence-electron chi connectivity index (χ2n) is 5.67. The van der Waals surface area contributed by atoms with E-state index in [-0.39, 0.29) is 23.9 Å². The number of likely N-dealkylation sites (N-methyl/N-ethyl adjacent to an activating group) is 2. The molecule has 0 saturated carbocycles. The van der Waals surface area contributed by atoms with Crippen LogP contribution in [-0.4, -0.2) is 47.4 Å². The predicted octanol–water partition coefficient (Wildman–Crippen LogP) is 2.65. The average Bonchev–Trinajstić information content (AvgIpc) is 2.65. The Morgan fingerprint density at radius 3 is 2.00 bits per heavy atom. The van der Waals surface area contributed by atoms with Crippen molar-refractivity contribution in [3.8, 4) is 11.1 Å². The zero-order valence-electron chi connectivity index (χ0n) is 14.9. The van der Waals surface area contributed by atoms with Gasteiger partial charge >= 0.3 is 5.97 Å². The number of carbonyl (C=O) groups excluding carboxylic acids is 2. The fraction of sp³-hybridized carbons (Fsp3) is 0.250. The lowest BCUT2D eigenvalue weighted by atomic mass is 9.94. The lowest BCUT2D eigenvalue weighted by Gasteiger charge is -2.22. The molecule has 6 nitrogen and oxygen atoms in total. The smallest absolute Gasteiger partial charge is 0.336 e. The Morgan fingerprint density at radius 2 is 1.46 bits per heavy atom. The molecular weight excluding hydrogens is 332 g/mol. The zero-order chi connectivity index (χ0) is 19.1. The van der Waals surface area contributed by atoms with Gasteiger partial charge in [-0.25, -0.2) is 4.79 Å². The molecule has 0 unspecified atom stereocenters. The lowest BCUT2D eigenvalue weighted by Crippen LogP contribution is -2.40. The molecule has 0 bridgehead atoms. The normalized spacial score (nSPS) is 10.2. The van der Waals surface area contributed by atoms with E-state index in [1.54, 1.807) is 49.4 Å². The summed E-state index contributed by atoms with van der Waals surface area (Å²) < 4.78 is 0. The van der Waals surface area contributed by atoms with Gasteiger partial charge in [0.2, 0.25) is 5.91 Å². The Kier molecular flexibility index (Phi) is 6.49. The van der Waals surface area contributed by atoms with Crippen LogP contribution in [0.4, 0.5) is 0 Å². The minimum atomic E-state index is -1.06. The van der Waals surface area contributed by atoms with Gasteiger partial charge in [-0.3, -0.25) is 9.59 Å². The number of rotatable bonds is 7. The molecule has 0 aromatic heterocycles. The molecule has 26 heavy (non-hydrogen) atoms. The van der Waals surface area contributed by atoms with E-state index in [2.05, 4.69) is 5.32 Å². The van der Waals surface area contributed by atoms with Gasteiger partial charge in [0.1, 0.15) is 0 Å². The number of carboxylic acid groups (broad SMARTS) is 1. The van der Waals surface area contributed by atoms with E-state index in [0.717, 1.165) is 0 Å². The van der Waals surface area contributed by atoms with Crippen LogP contribution in [0.3, 0.4) is 0 Å². The Labute approximate surface area is 152 Å². The van der Waals surface area contributed by atoms with Crippen molar-refractivity contribution in [1.29, 1.82) is 0 Å². The average molecular weight is 354 g/mol. The molecule has 2 aromatic rings. The highest BCUT2D eigenvalue weighted by Gasteiger charge is 2.22. The summed E-state index contributed by atoms with van der Waals surface area (Å²) in [5.41, 5.74) is 1.50. The first-order chi connectivity index (χ1) is 12.5. The summed E-state index contributed by atoms with van der Waals surface area (Å²) in [5, 5.41) is 12.1. The summed E-state index contributed by atoms with van der Waals surface area (Å²) in [4.78, 5) is 37.8. The third-order valence-electron chi connectivity index (χ3n) is 3.98. The molecule has 2 amide bonds. The fourth-order valence-electron chi connectivity index (χ4n) is 2.73. The Hall–Kier alpha value is -3.15. The van der Waals surface area contributed by atoms with Gasteiger partial charge in [-0.2, -0.15) is 0 Å². The Bertz CT molecular complexity index is 817. The van der Waals surface area contributed by atoms with Crippen molar-refractivity contribution in [3.63, 3.8) is 0 Å². The van der Waals surface area contributed by atoms with Crippen molar-refractivity contribution in [2.45, 2.75) is 13.8 Å². The number of carboxylic acids is 1. The summed E-state index contributed by atoms with van der Waals surface area (Å²) >= 11 is 0. The van der Waals surface area contributed by atoms with Crippen LogP contribution in [0.2, 0.25) is 0 Å². The summed E-state index contributed by atoms with van der Waals surface area (Å²) in [6, 6.07) is 13.4. The van der Waals surface area contributed by atoms with E-state index in [9.17, 15) is 19.5 Å². The van der Waals surface area contributed by atoms with E-state index in [0.29, 0.717) is 29.8 Å². The maximum Gasteiger partial charge on any atom is 0.336 e. The summed E-state index contributed by atoms with van der Waals surface area (Å²) in [5.74, 6) is -1.60. The van der Waals surface area contributed by atoms with Crippen LogP contribution in [-0.2, 0) is 4.79 Å². The number of hydrogen-bond acceptors (Lipinski definition) is 3. The fourth-order valence-corrected chi connectivity index (χ4v) is 2.73. The summed E-state index contributed by atoms with van der Waals surface area (Å²) in [6.45, 7) is 4.43. The molecule has 0 radical (unpaired) electrons. The van der Waals surface area contributed by atoms with Crippen LogP contribution in [0.5, 0.6) is 0 Å². The van der Waals surface area contributed by atoms with Crippen LogP contribution in [0, 0.1) is 0 Å². The van der Waals surface area contributed by atoms with E-state index < -0.39 is 5.97 Å². The van der Waals surface area contributed by atoms with E-state index >= 15 is 0 Å². The highest BCUT2D eigenvalue weighted by Crippen LogP contribution is 2.28. The maximum atomic E-state index is 13.0. The molecule has 0 spiro atoms. The van der Waals surface area contributed by atoms with Crippen molar-refractivity contribution in [3.05, 3.63) is 59.7 Å². The topological polar surface area (TPSA) is 86.7 Å². The van der Waals surface area contributed by atoms with Crippen molar-refractivity contribution in [2.75, 3.05) is 19.6 Å². The molecule has 2 aromatic carbocycles. The molecule has 0 aliphatic carbocycles. The van der Waals surface area contributed by atoms with Gasteiger partial charge in [0.25, 0.3) is 5.91 Å². The molecule has 0 aliphatic heterocycles. The van der Waals surface area contributed by atoms with Crippen LogP contribution in [0.15, 0.2) is 48.5 Å². The van der Waals surface area contributed by atoms with Gasteiger partial charge in [-0.1, -0.05) is 36.4 Å². The highest BCUT2D eigenvalue weighted by atomic mass is 16.4. The number of benzene rings is 2. The standard InChI is InChI=1S/C20H22N2O4/c1-3-21-18(23)13-22(4-2)19(24)16-11-7-5-9-14(16)15-10-6-8-12-17(15)20(25)26/h5-12H,3-4,13H2,1-2H3,(H,21,23)(H,25,26). The SMILES string of the molecule is CCNC(=O)CN(CC)C(=O)c1ccccc1-c1ccccc1C(=O)O. The quantitative estimate of drug-likeness (QED) is 0.800. The first-order valence-electron chi connectivity index (χ1n) is 8.47. The molecule has 0 heterocycles. The van der Waals surface area contributed by atoms with Crippen molar-refractivity contribution in [2.24, 2.45) is 0 Å².